The van der Waals surface area contributed by atoms with E-state index in [0.29, 0.717) is 16.8 Å². The third kappa shape index (κ3) is 3.98. The Balaban J connectivity index is 1.46. The highest BCUT2D eigenvalue weighted by Gasteiger charge is 2.41. The zero-order valence-electron chi connectivity index (χ0n) is 15.2. The predicted molar refractivity (Wildman–Crippen MR) is 101 cm³/mol. The van der Waals surface area contributed by atoms with Crippen molar-refractivity contribution in [3.8, 4) is 11.3 Å². The summed E-state index contributed by atoms with van der Waals surface area (Å²) in [5.74, 6) is -3.69. The lowest BCUT2D eigenvalue weighted by atomic mass is 9.91. The number of imide groups is 1. The van der Waals surface area contributed by atoms with Gasteiger partial charge in [0.25, 0.3) is 11.1 Å². The third-order valence-electron chi connectivity index (χ3n) is 4.98. The molecular weight excluding hydrogens is 402 g/mol. The average Bonchev–Trinajstić information content (AvgIpc) is 3.33. The zero-order valence-corrected chi connectivity index (χ0v) is 16.0. The van der Waals surface area contributed by atoms with E-state index in [9.17, 15) is 23.2 Å². The molecule has 29 heavy (non-hydrogen) atoms. The molecule has 1 aliphatic carbocycles. The van der Waals surface area contributed by atoms with Crippen LogP contribution < -0.4 is 0 Å². The van der Waals surface area contributed by atoms with Crippen molar-refractivity contribution in [2.24, 2.45) is 0 Å². The first-order valence-electron chi connectivity index (χ1n) is 8.98. The number of carbonyl (C=O) groups is 3. The Morgan fingerprint density at radius 1 is 1.17 bits per heavy atom. The summed E-state index contributed by atoms with van der Waals surface area (Å²) in [5, 5.41) is 9.55. The molecule has 0 radical (unpaired) electrons. The van der Waals surface area contributed by atoms with Gasteiger partial charge in [-0.25, -0.2) is 8.78 Å². The fraction of sp³-hybridized carbons (Fsp3) is 0.316. The van der Waals surface area contributed by atoms with Crippen LogP contribution in [0.3, 0.4) is 0 Å². The number of nitrogens with one attached hydrogen (secondary N) is 1. The van der Waals surface area contributed by atoms with Crippen LogP contribution in [0.5, 0.6) is 0 Å². The molecule has 1 aromatic carbocycles. The normalized spacial score (nSPS) is 19.2. The summed E-state index contributed by atoms with van der Waals surface area (Å²) in [5.41, 5.74) is 2.31. The number of nitrogens with zero attached hydrogens (tertiary/aromatic N) is 3. The molecule has 2 heterocycles. The number of carbonyl (C=O) groups excluding carboxylic acids is 3. The van der Waals surface area contributed by atoms with Gasteiger partial charge in [-0.3, -0.25) is 24.4 Å². The quantitative estimate of drug-likeness (QED) is 0.599. The van der Waals surface area contributed by atoms with Gasteiger partial charge in [-0.1, -0.05) is 35.1 Å². The number of hydrogen-bond acceptors (Lipinski definition) is 6. The number of H-pyrrole nitrogens is 1. The van der Waals surface area contributed by atoms with Crippen LogP contribution in [0.25, 0.3) is 11.3 Å². The first-order chi connectivity index (χ1) is 13.8. The van der Waals surface area contributed by atoms with Crippen molar-refractivity contribution < 1.29 is 23.2 Å². The molecule has 1 aromatic heterocycles. The number of alkyl halides is 2. The highest BCUT2D eigenvalue weighted by molar-refractivity contribution is 8.18. The fourth-order valence-electron chi connectivity index (χ4n) is 3.30. The maximum atomic E-state index is 13.3. The molecule has 2 fully saturated rings. The van der Waals surface area contributed by atoms with Crippen LogP contribution in [-0.2, 0) is 4.79 Å². The van der Waals surface area contributed by atoms with E-state index in [1.54, 1.807) is 30.5 Å². The Kier molecular flexibility index (Phi) is 5.03. The minimum absolute atomic E-state index is 0.0830. The number of benzene rings is 1. The van der Waals surface area contributed by atoms with Gasteiger partial charge in [-0.05, 0) is 24.6 Å². The number of aromatic amines is 1. The molecule has 1 aliphatic heterocycles. The highest BCUT2D eigenvalue weighted by Crippen LogP contribution is 2.42. The van der Waals surface area contributed by atoms with Gasteiger partial charge in [-0.2, -0.15) is 0 Å². The molecule has 7 nitrogen and oxygen atoms in total. The van der Waals surface area contributed by atoms with Gasteiger partial charge in [0.1, 0.15) is 5.69 Å². The number of ketones is 1. The standard InChI is InChI=1S/C19H16F2N4O3S/c20-19(21)7-5-13(6-8-19)16-17(27)25(18(28)29-16)10-15(26)12-3-1-11(2-4-12)14-9-22-24-23-14/h1-4,9H,5-8,10H2,(H,22,23,24). The predicted octanol–water partition coefficient (Wildman–Crippen LogP) is 3.81. The number of aromatic nitrogens is 3. The largest absolute Gasteiger partial charge is 0.293 e. The Hall–Kier alpha value is -2.88. The summed E-state index contributed by atoms with van der Waals surface area (Å²) in [6, 6.07) is 6.58. The van der Waals surface area contributed by atoms with Crippen LogP contribution in [0.15, 0.2) is 40.9 Å². The second kappa shape index (κ2) is 7.51. The molecule has 2 aliphatic rings. The van der Waals surface area contributed by atoms with Crippen molar-refractivity contribution in [1.82, 2.24) is 20.3 Å². The molecule has 1 saturated carbocycles. The van der Waals surface area contributed by atoms with E-state index in [1.807, 2.05) is 0 Å². The topological polar surface area (TPSA) is 96.0 Å². The number of amides is 2. The van der Waals surface area contributed by atoms with Crippen LogP contribution in [-0.4, -0.2) is 49.7 Å². The number of allylic oxidation sites excluding steroid dienone is 1. The fourth-order valence-corrected chi connectivity index (χ4v) is 4.28. The van der Waals surface area contributed by atoms with Crippen molar-refractivity contribution in [3.63, 3.8) is 0 Å². The average molecular weight is 418 g/mol. The molecule has 1 saturated heterocycles. The van der Waals surface area contributed by atoms with Crippen LogP contribution in [0.1, 0.15) is 36.0 Å². The smallest absolute Gasteiger partial charge is 0.292 e. The maximum Gasteiger partial charge on any atom is 0.293 e. The third-order valence-corrected chi connectivity index (χ3v) is 6.04. The maximum absolute atomic E-state index is 13.3. The molecule has 0 bridgehead atoms. The van der Waals surface area contributed by atoms with Crippen LogP contribution in [0.4, 0.5) is 13.6 Å². The number of hydrogen-bond donors (Lipinski definition) is 1. The number of rotatable bonds is 4. The van der Waals surface area contributed by atoms with Gasteiger partial charge in [0.05, 0.1) is 11.4 Å². The van der Waals surface area contributed by atoms with Crippen LogP contribution in [0, 0.1) is 0 Å². The second-order valence-corrected chi connectivity index (χ2v) is 7.87. The molecule has 0 atom stereocenters. The van der Waals surface area contributed by atoms with Gasteiger partial charge < -0.3 is 0 Å². The summed E-state index contributed by atoms with van der Waals surface area (Å²) in [7, 11) is 0. The van der Waals surface area contributed by atoms with Crippen LogP contribution in [0.2, 0.25) is 0 Å². The van der Waals surface area contributed by atoms with E-state index < -0.39 is 17.1 Å². The Labute approximate surface area is 168 Å². The molecule has 2 aromatic rings. The lowest BCUT2D eigenvalue weighted by Crippen LogP contribution is -2.34. The molecular formula is C19H16F2N4O3S. The molecule has 0 spiro atoms. The van der Waals surface area contributed by atoms with Gasteiger partial charge in [-0.15, -0.1) is 5.10 Å². The van der Waals surface area contributed by atoms with Crippen molar-refractivity contribution in [2.75, 3.05) is 6.54 Å². The van der Waals surface area contributed by atoms with Gasteiger partial charge >= 0.3 is 0 Å². The Bertz CT molecular complexity index is 991. The summed E-state index contributed by atoms with van der Waals surface area (Å²) in [6.45, 7) is -0.388. The lowest BCUT2D eigenvalue weighted by Gasteiger charge is -2.24. The van der Waals surface area contributed by atoms with E-state index in [2.05, 4.69) is 15.4 Å². The highest BCUT2D eigenvalue weighted by atomic mass is 32.2. The number of Topliss-reactive ketones (excluding diaryl/α,β-unsaturated/α-hetero) is 1. The Morgan fingerprint density at radius 3 is 2.48 bits per heavy atom. The molecule has 150 valence electrons. The minimum Gasteiger partial charge on any atom is -0.292 e. The van der Waals surface area contributed by atoms with Crippen molar-refractivity contribution in [3.05, 3.63) is 46.5 Å². The van der Waals surface area contributed by atoms with Crippen LogP contribution >= 0.6 is 11.8 Å². The van der Waals surface area contributed by atoms with E-state index in [-0.39, 0.29) is 42.9 Å². The molecule has 10 heteroatoms. The van der Waals surface area contributed by atoms with Crippen molar-refractivity contribution in [1.29, 1.82) is 0 Å². The number of thioether (sulfide) groups is 1. The van der Waals surface area contributed by atoms with E-state index in [4.69, 9.17) is 0 Å². The van der Waals surface area contributed by atoms with Gasteiger partial charge in [0, 0.05) is 30.2 Å². The summed E-state index contributed by atoms with van der Waals surface area (Å²) in [6.07, 6.45) is 1.13. The first kappa shape index (κ1) is 19.4. The SMILES string of the molecule is O=C(CN1C(=O)SC(=C2CCC(F)(F)CC2)C1=O)c1ccc(-c2c[nH]nn2)cc1. The number of halogens is 2. The minimum atomic E-state index is -2.73. The summed E-state index contributed by atoms with van der Waals surface area (Å²) in [4.78, 5) is 38.5. The first-order valence-corrected chi connectivity index (χ1v) is 9.79. The summed E-state index contributed by atoms with van der Waals surface area (Å²) >= 11 is 0.728. The van der Waals surface area contributed by atoms with Gasteiger partial charge in [0.2, 0.25) is 5.92 Å². The molecule has 4 rings (SSSR count). The zero-order chi connectivity index (χ0) is 20.6. The summed E-state index contributed by atoms with van der Waals surface area (Å²) < 4.78 is 26.7. The van der Waals surface area contributed by atoms with E-state index in [1.165, 1.54) is 0 Å². The molecule has 1 N–H and O–H groups in total. The monoisotopic (exact) mass is 418 g/mol. The second-order valence-electron chi connectivity index (χ2n) is 6.91. The van der Waals surface area contributed by atoms with Gasteiger partial charge in [0.15, 0.2) is 5.78 Å². The van der Waals surface area contributed by atoms with Crippen molar-refractivity contribution in [2.45, 2.75) is 31.6 Å². The molecule has 2 amide bonds. The van der Waals surface area contributed by atoms with Crippen molar-refractivity contribution >= 4 is 28.7 Å². The van der Waals surface area contributed by atoms with E-state index >= 15 is 0 Å². The lowest BCUT2D eigenvalue weighted by molar-refractivity contribution is -0.122. The van der Waals surface area contributed by atoms with E-state index in [0.717, 1.165) is 22.2 Å². The Morgan fingerprint density at radius 2 is 1.86 bits per heavy atom. The molecule has 0 unspecified atom stereocenters.